The summed E-state index contributed by atoms with van der Waals surface area (Å²) in [4.78, 5) is 12.3. The maximum atomic E-state index is 5.56. The van der Waals surface area contributed by atoms with Crippen molar-refractivity contribution in [1.29, 1.82) is 0 Å². The largest absolute Gasteiger partial charge is 0.380 e. The molecular weight excluding hydrogens is 356 g/mol. The van der Waals surface area contributed by atoms with Gasteiger partial charge in [0.2, 0.25) is 0 Å². The number of hydrogen-bond acceptors (Lipinski definition) is 6. The first-order valence-electron chi connectivity index (χ1n) is 9.74. The first-order valence-corrected chi connectivity index (χ1v) is 10.7. The number of ether oxygens (including phenoxy) is 1. The molecule has 0 saturated carbocycles. The highest BCUT2D eigenvalue weighted by Crippen LogP contribution is 2.28. The van der Waals surface area contributed by atoms with E-state index in [1.165, 1.54) is 6.42 Å². The van der Waals surface area contributed by atoms with Crippen molar-refractivity contribution in [3.63, 3.8) is 0 Å². The van der Waals surface area contributed by atoms with E-state index < -0.39 is 0 Å². The topological polar surface area (TPSA) is 50.3 Å². The Hall–Kier alpha value is -2.02. The van der Waals surface area contributed by atoms with Gasteiger partial charge in [0.05, 0.1) is 12.1 Å². The Morgan fingerprint density at radius 1 is 1.07 bits per heavy atom. The Balaban J connectivity index is 1.37. The minimum absolute atomic E-state index is 0.456. The SMILES string of the molecule is c1ccc2c(NC3CCN(C4CCOC4)CC3)nc(-c3ccsc3)nc2c1. The van der Waals surface area contributed by atoms with Gasteiger partial charge in [-0.05, 0) is 42.8 Å². The summed E-state index contributed by atoms with van der Waals surface area (Å²) in [6.45, 7) is 4.08. The molecule has 4 heterocycles. The van der Waals surface area contributed by atoms with Crippen LogP contribution in [-0.4, -0.2) is 53.3 Å². The van der Waals surface area contributed by atoms with Crippen LogP contribution in [0.5, 0.6) is 0 Å². The molecule has 1 aromatic carbocycles. The van der Waals surface area contributed by atoms with Gasteiger partial charge in [-0.15, -0.1) is 0 Å². The lowest BCUT2D eigenvalue weighted by Gasteiger charge is -2.35. The lowest BCUT2D eigenvalue weighted by molar-refractivity contribution is 0.124. The predicted molar refractivity (Wildman–Crippen MR) is 110 cm³/mol. The van der Waals surface area contributed by atoms with Crippen molar-refractivity contribution in [3.8, 4) is 11.4 Å². The van der Waals surface area contributed by atoms with Crippen molar-refractivity contribution >= 4 is 28.1 Å². The van der Waals surface area contributed by atoms with E-state index in [-0.39, 0.29) is 0 Å². The number of fused-ring (bicyclic) bond motifs is 1. The summed E-state index contributed by atoms with van der Waals surface area (Å²) in [6.07, 6.45) is 3.46. The van der Waals surface area contributed by atoms with Gasteiger partial charge in [-0.2, -0.15) is 11.3 Å². The van der Waals surface area contributed by atoms with E-state index in [2.05, 4.69) is 45.2 Å². The van der Waals surface area contributed by atoms with Crippen molar-refractivity contribution in [2.24, 2.45) is 0 Å². The predicted octanol–water partition coefficient (Wildman–Crippen LogP) is 4.02. The summed E-state index contributed by atoms with van der Waals surface area (Å²) >= 11 is 1.68. The van der Waals surface area contributed by atoms with Gasteiger partial charge in [-0.3, -0.25) is 4.90 Å². The first-order chi connectivity index (χ1) is 13.4. The van der Waals surface area contributed by atoms with Crippen molar-refractivity contribution in [2.75, 3.05) is 31.6 Å². The number of anilines is 1. The standard InChI is InChI=1S/C21H24N4OS/c1-2-4-19-18(3-1)21(24-20(23-19)15-8-12-27-14-15)22-16-5-9-25(10-6-16)17-7-11-26-13-17/h1-4,8,12,14,16-17H,5-7,9-11,13H2,(H,22,23,24). The van der Waals surface area contributed by atoms with Crippen molar-refractivity contribution in [1.82, 2.24) is 14.9 Å². The van der Waals surface area contributed by atoms with Crippen LogP contribution in [0.3, 0.4) is 0 Å². The maximum absolute atomic E-state index is 5.56. The number of nitrogens with zero attached hydrogens (tertiary/aromatic N) is 3. The Kier molecular flexibility index (Phi) is 4.78. The minimum Gasteiger partial charge on any atom is -0.380 e. The number of likely N-dealkylation sites (tertiary alicyclic amines) is 1. The van der Waals surface area contributed by atoms with Gasteiger partial charge in [0.1, 0.15) is 5.82 Å². The average molecular weight is 381 g/mol. The van der Waals surface area contributed by atoms with Crippen molar-refractivity contribution < 1.29 is 4.74 Å². The second-order valence-electron chi connectivity index (χ2n) is 7.40. The van der Waals surface area contributed by atoms with Crippen LogP contribution in [-0.2, 0) is 4.74 Å². The Labute approximate surface area is 163 Å². The summed E-state index contributed by atoms with van der Waals surface area (Å²) in [7, 11) is 0. The van der Waals surface area contributed by atoms with Crippen LogP contribution in [0.15, 0.2) is 41.1 Å². The van der Waals surface area contributed by atoms with E-state index in [1.807, 2.05) is 6.07 Å². The molecule has 0 radical (unpaired) electrons. The average Bonchev–Trinajstić information content (AvgIpc) is 3.43. The molecule has 27 heavy (non-hydrogen) atoms. The van der Waals surface area contributed by atoms with Gasteiger partial charge < -0.3 is 10.1 Å². The Morgan fingerprint density at radius 2 is 1.96 bits per heavy atom. The third kappa shape index (κ3) is 3.57. The van der Waals surface area contributed by atoms with Crippen LogP contribution in [0.4, 0.5) is 5.82 Å². The maximum Gasteiger partial charge on any atom is 0.162 e. The molecule has 0 amide bonds. The molecular formula is C21H24N4OS. The third-order valence-electron chi connectivity index (χ3n) is 5.68. The van der Waals surface area contributed by atoms with E-state index in [0.717, 1.165) is 67.3 Å². The van der Waals surface area contributed by atoms with Gasteiger partial charge in [-0.25, -0.2) is 9.97 Å². The molecule has 0 spiro atoms. The molecule has 1 N–H and O–H groups in total. The molecule has 0 aliphatic carbocycles. The second kappa shape index (κ2) is 7.54. The van der Waals surface area contributed by atoms with Crippen molar-refractivity contribution in [2.45, 2.75) is 31.3 Å². The fourth-order valence-corrected chi connectivity index (χ4v) is 4.75. The van der Waals surface area contributed by atoms with Gasteiger partial charge in [0, 0.05) is 48.1 Å². The van der Waals surface area contributed by atoms with Gasteiger partial charge in [0.25, 0.3) is 0 Å². The number of piperidine rings is 1. The van der Waals surface area contributed by atoms with E-state index in [1.54, 1.807) is 11.3 Å². The number of hydrogen-bond donors (Lipinski definition) is 1. The van der Waals surface area contributed by atoms with E-state index in [4.69, 9.17) is 14.7 Å². The van der Waals surface area contributed by atoms with Crippen LogP contribution < -0.4 is 5.32 Å². The number of aromatic nitrogens is 2. The third-order valence-corrected chi connectivity index (χ3v) is 6.36. The molecule has 140 valence electrons. The minimum atomic E-state index is 0.456. The first kappa shape index (κ1) is 17.1. The Bertz CT molecular complexity index is 900. The smallest absolute Gasteiger partial charge is 0.162 e. The van der Waals surface area contributed by atoms with Crippen LogP contribution in [0.1, 0.15) is 19.3 Å². The molecule has 0 bridgehead atoms. The summed E-state index contributed by atoms with van der Waals surface area (Å²) in [5.41, 5.74) is 2.08. The van der Waals surface area contributed by atoms with Gasteiger partial charge in [-0.1, -0.05) is 12.1 Å². The second-order valence-corrected chi connectivity index (χ2v) is 8.18. The number of rotatable bonds is 4. The van der Waals surface area contributed by atoms with E-state index >= 15 is 0 Å². The van der Waals surface area contributed by atoms with Gasteiger partial charge >= 0.3 is 0 Å². The zero-order chi connectivity index (χ0) is 18.1. The molecule has 1 unspecified atom stereocenters. The van der Waals surface area contributed by atoms with Gasteiger partial charge in [0.15, 0.2) is 5.82 Å². The molecule has 5 rings (SSSR count). The lowest BCUT2D eigenvalue weighted by Crippen LogP contribution is -2.45. The zero-order valence-corrected chi connectivity index (χ0v) is 16.1. The molecule has 2 aliphatic rings. The zero-order valence-electron chi connectivity index (χ0n) is 15.3. The molecule has 2 saturated heterocycles. The highest BCUT2D eigenvalue weighted by Gasteiger charge is 2.28. The molecule has 2 aromatic heterocycles. The van der Waals surface area contributed by atoms with E-state index in [0.29, 0.717) is 12.1 Å². The fourth-order valence-electron chi connectivity index (χ4n) is 4.12. The van der Waals surface area contributed by atoms with Crippen LogP contribution >= 0.6 is 11.3 Å². The van der Waals surface area contributed by atoms with Crippen LogP contribution in [0, 0.1) is 0 Å². The quantitative estimate of drug-likeness (QED) is 0.741. The van der Waals surface area contributed by atoms with Crippen molar-refractivity contribution in [3.05, 3.63) is 41.1 Å². The molecule has 3 aromatic rings. The highest BCUT2D eigenvalue weighted by atomic mass is 32.1. The number of thiophene rings is 1. The summed E-state index contributed by atoms with van der Waals surface area (Å²) < 4.78 is 5.56. The fraction of sp³-hybridized carbons (Fsp3) is 0.429. The highest BCUT2D eigenvalue weighted by molar-refractivity contribution is 7.08. The van der Waals surface area contributed by atoms with Crippen LogP contribution in [0.2, 0.25) is 0 Å². The molecule has 1 atom stereocenters. The normalized spacial score (nSPS) is 21.7. The summed E-state index contributed by atoms with van der Waals surface area (Å²) in [5.74, 6) is 1.77. The molecule has 6 heteroatoms. The van der Waals surface area contributed by atoms with Crippen LogP contribution in [0.25, 0.3) is 22.3 Å². The van der Waals surface area contributed by atoms with E-state index in [9.17, 15) is 0 Å². The molecule has 2 fully saturated rings. The number of benzene rings is 1. The number of nitrogens with one attached hydrogen (secondary N) is 1. The number of para-hydroxylation sites is 1. The summed E-state index contributed by atoms with van der Waals surface area (Å²) in [5, 5.41) is 9.01. The lowest BCUT2D eigenvalue weighted by atomic mass is 10.0. The summed E-state index contributed by atoms with van der Waals surface area (Å²) in [6, 6.07) is 11.4. The Morgan fingerprint density at radius 3 is 2.74 bits per heavy atom. The molecule has 2 aliphatic heterocycles. The monoisotopic (exact) mass is 380 g/mol. The molecule has 5 nitrogen and oxygen atoms in total.